The molecule has 2 aromatic rings. The van der Waals surface area contributed by atoms with Crippen LogP contribution in [0.2, 0.25) is 0 Å². The van der Waals surface area contributed by atoms with Crippen LogP contribution in [-0.2, 0) is 0 Å². The summed E-state index contributed by atoms with van der Waals surface area (Å²) in [6.45, 7) is 2.47. The Labute approximate surface area is 137 Å². The van der Waals surface area contributed by atoms with Gasteiger partial charge in [0.05, 0.1) is 12.3 Å². The molecule has 0 atom stereocenters. The molecule has 0 saturated heterocycles. The van der Waals surface area contributed by atoms with Crippen LogP contribution in [0.25, 0.3) is 0 Å². The van der Waals surface area contributed by atoms with E-state index >= 15 is 0 Å². The molecular formula is C17H16F3NO3. The number of anilines is 1. The van der Waals surface area contributed by atoms with Crippen molar-refractivity contribution in [3.63, 3.8) is 0 Å². The molecule has 0 unspecified atom stereocenters. The highest BCUT2D eigenvalue weighted by molar-refractivity contribution is 6.05. The van der Waals surface area contributed by atoms with Gasteiger partial charge < -0.3 is 14.8 Å². The summed E-state index contributed by atoms with van der Waals surface area (Å²) in [5.74, 6) is -0.309. The van der Waals surface area contributed by atoms with Crippen LogP contribution in [0.3, 0.4) is 0 Å². The Kier molecular flexibility index (Phi) is 5.68. The summed E-state index contributed by atoms with van der Waals surface area (Å²) in [6.07, 6.45) is -3.94. The molecular weight excluding hydrogens is 323 g/mol. The summed E-state index contributed by atoms with van der Waals surface area (Å²) in [5.41, 5.74) is 0.696. The topological polar surface area (TPSA) is 47.6 Å². The van der Waals surface area contributed by atoms with Crippen molar-refractivity contribution in [1.82, 2.24) is 0 Å². The van der Waals surface area contributed by atoms with Gasteiger partial charge in [0, 0.05) is 5.56 Å². The van der Waals surface area contributed by atoms with Crippen molar-refractivity contribution < 1.29 is 27.4 Å². The first-order valence-corrected chi connectivity index (χ1v) is 7.28. The van der Waals surface area contributed by atoms with Crippen LogP contribution in [0, 0.1) is 0 Å². The maximum atomic E-state index is 12.2. The number of halogens is 3. The van der Waals surface area contributed by atoms with E-state index in [9.17, 15) is 18.0 Å². The maximum absolute atomic E-state index is 12.2. The summed E-state index contributed by atoms with van der Waals surface area (Å²) in [7, 11) is 0. The zero-order chi connectivity index (χ0) is 17.6. The van der Waals surface area contributed by atoms with Gasteiger partial charge in [-0.2, -0.15) is 0 Å². The number of nitrogens with one attached hydrogen (secondary N) is 1. The lowest BCUT2D eigenvalue weighted by Gasteiger charge is -2.12. The van der Waals surface area contributed by atoms with Crippen LogP contribution in [0.4, 0.5) is 18.9 Å². The highest BCUT2D eigenvalue weighted by Gasteiger charge is 2.31. The Hall–Kier alpha value is -2.70. The number of alkyl halides is 3. The van der Waals surface area contributed by atoms with E-state index in [-0.39, 0.29) is 11.3 Å². The van der Waals surface area contributed by atoms with Crippen LogP contribution >= 0.6 is 0 Å². The van der Waals surface area contributed by atoms with Gasteiger partial charge in [-0.1, -0.05) is 19.1 Å². The van der Waals surface area contributed by atoms with Gasteiger partial charge in [-0.25, -0.2) is 0 Å². The number of rotatable bonds is 6. The molecule has 24 heavy (non-hydrogen) atoms. The summed E-state index contributed by atoms with van der Waals surface area (Å²) < 4.78 is 45.7. The molecule has 128 valence electrons. The lowest BCUT2D eigenvalue weighted by Crippen LogP contribution is -2.17. The lowest BCUT2D eigenvalue weighted by molar-refractivity contribution is -0.274. The van der Waals surface area contributed by atoms with Crippen molar-refractivity contribution in [2.45, 2.75) is 19.7 Å². The van der Waals surface area contributed by atoms with Crippen molar-refractivity contribution in [2.24, 2.45) is 0 Å². The van der Waals surface area contributed by atoms with Gasteiger partial charge in [0.25, 0.3) is 5.91 Å². The Balaban J connectivity index is 2.07. The zero-order valence-electron chi connectivity index (χ0n) is 12.9. The number of hydrogen-bond donors (Lipinski definition) is 1. The van der Waals surface area contributed by atoms with E-state index in [1.807, 2.05) is 6.92 Å². The predicted octanol–water partition coefficient (Wildman–Crippen LogP) is 4.63. The average molecular weight is 339 g/mol. The number of carbonyl (C=O) groups excluding carboxylic acids is 1. The predicted molar refractivity (Wildman–Crippen MR) is 83.3 cm³/mol. The normalized spacial score (nSPS) is 11.0. The second-order valence-corrected chi connectivity index (χ2v) is 4.87. The molecule has 0 aliphatic carbocycles. The van der Waals surface area contributed by atoms with Crippen LogP contribution in [0.1, 0.15) is 23.7 Å². The van der Waals surface area contributed by atoms with Crippen molar-refractivity contribution in [3.8, 4) is 11.5 Å². The lowest BCUT2D eigenvalue weighted by atomic mass is 10.2. The number of para-hydroxylation sites is 2. The maximum Gasteiger partial charge on any atom is 0.573 e. The first-order valence-electron chi connectivity index (χ1n) is 7.28. The van der Waals surface area contributed by atoms with Gasteiger partial charge in [0.2, 0.25) is 0 Å². The quantitative estimate of drug-likeness (QED) is 0.835. The largest absolute Gasteiger partial charge is 0.573 e. The SMILES string of the molecule is CCCOc1ccccc1NC(=O)c1ccc(OC(F)(F)F)cc1. The van der Waals surface area contributed by atoms with Crippen molar-refractivity contribution in [3.05, 3.63) is 54.1 Å². The minimum atomic E-state index is -4.76. The molecule has 0 fully saturated rings. The third kappa shape index (κ3) is 5.19. The molecule has 4 nitrogen and oxygen atoms in total. The molecule has 1 amide bonds. The van der Waals surface area contributed by atoms with Crippen molar-refractivity contribution >= 4 is 11.6 Å². The number of ether oxygens (including phenoxy) is 2. The van der Waals surface area contributed by atoms with E-state index in [4.69, 9.17) is 4.74 Å². The highest BCUT2D eigenvalue weighted by Crippen LogP contribution is 2.26. The first kappa shape index (κ1) is 17.7. The van der Waals surface area contributed by atoms with E-state index in [2.05, 4.69) is 10.1 Å². The summed E-state index contributed by atoms with van der Waals surface area (Å²) in [6, 6.07) is 11.6. The van der Waals surface area contributed by atoms with E-state index < -0.39 is 12.3 Å². The molecule has 0 saturated carbocycles. The van der Waals surface area contributed by atoms with E-state index in [1.54, 1.807) is 24.3 Å². The Bertz CT molecular complexity index is 684. The fraction of sp³-hybridized carbons (Fsp3) is 0.235. The zero-order valence-corrected chi connectivity index (χ0v) is 12.9. The molecule has 0 bridgehead atoms. The number of amides is 1. The van der Waals surface area contributed by atoms with Crippen LogP contribution < -0.4 is 14.8 Å². The second-order valence-electron chi connectivity index (χ2n) is 4.87. The average Bonchev–Trinajstić information content (AvgIpc) is 2.53. The fourth-order valence-electron chi connectivity index (χ4n) is 1.91. The van der Waals surface area contributed by atoms with Crippen LogP contribution in [-0.4, -0.2) is 18.9 Å². The molecule has 0 heterocycles. The molecule has 2 rings (SSSR count). The molecule has 0 aliphatic rings. The molecule has 2 aromatic carbocycles. The molecule has 0 radical (unpaired) electrons. The Morgan fingerprint density at radius 1 is 1.08 bits per heavy atom. The van der Waals surface area contributed by atoms with Gasteiger partial charge in [0.15, 0.2) is 0 Å². The van der Waals surface area contributed by atoms with Crippen LogP contribution in [0.15, 0.2) is 48.5 Å². The van der Waals surface area contributed by atoms with Gasteiger partial charge in [-0.05, 0) is 42.8 Å². The number of carbonyl (C=O) groups is 1. The second kappa shape index (κ2) is 7.72. The van der Waals surface area contributed by atoms with Crippen molar-refractivity contribution in [1.29, 1.82) is 0 Å². The minimum Gasteiger partial charge on any atom is -0.491 e. The molecule has 0 aromatic heterocycles. The third-order valence-electron chi connectivity index (χ3n) is 2.95. The number of hydrogen-bond acceptors (Lipinski definition) is 3. The van der Waals surface area contributed by atoms with E-state index in [1.165, 1.54) is 12.1 Å². The Morgan fingerprint density at radius 3 is 2.38 bits per heavy atom. The minimum absolute atomic E-state index is 0.204. The van der Waals surface area contributed by atoms with E-state index in [0.29, 0.717) is 18.0 Å². The summed E-state index contributed by atoms with van der Waals surface area (Å²) in [4.78, 5) is 12.2. The number of benzene rings is 2. The van der Waals surface area contributed by atoms with E-state index in [0.717, 1.165) is 18.6 Å². The first-order chi connectivity index (χ1) is 11.4. The van der Waals surface area contributed by atoms with Crippen molar-refractivity contribution in [2.75, 3.05) is 11.9 Å². The van der Waals surface area contributed by atoms with Crippen LogP contribution in [0.5, 0.6) is 11.5 Å². The standard InChI is InChI=1S/C17H16F3NO3/c1-2-11-23-15-6-4-3-5-14(15)21-16(22)12-7-9-13(10-8-12)24-17(18,19)20/h3-10H,2,11H2,1H3,(H,21,22). The molecule has 1 N–H and O–H groups in total. The summed E-state index contributed by atoms with van der Waals surface area (Å²) in [5, 5.41) is 2.68. The summed E-state index contributed by atoms with van der Waals surface area (Å²) >= 11 is 0. The van der Waals surface area contributed by atoms with Gasteiger partial charge >= 0.3 is 6.36 Å². The monoisotopic (exact) mass is 339 g/mol. The molecule has 0 aliphatic heterocycles. The Morgan fingerprint density at radius 2 is 1.75 bits per heavy atom. The van der Waals surface area contributed by atoms with Gasteiger partial charge in [-0.15, -0.1) is 13.2 Å². The smallest absolute Gasteiger partial charge is 0.491 e. The fourth-order valence-corrected chi connectivity index (χ4v) is 1.91. The molecule has 7 heteroatoms. The highest BCUT2D eigenvalue weighted by atomic mass is 19.4. The van der Waals surface area contributed by atoms with Gasteiger partial charge in [0.1, 0.15) is 11.5 Å². The molecule has 0 spiro atoms. The third-order valence-corrected chi connectivity index (χ3v) is 2.95. The van der Waals surface area contributed by atoms with Gasteiger partial charge in [-0.3, -0.25) is 4.79 Å².